The summed E-state index contributed by atoms with van der Waals surface area (Å²) in [6, 6.07) is 3.14. The molecule has 0 saturated heterocycles. The van der Waals surface area contributed by atoms with Gasteiger partial charge in [-0.1, -0.05) is 0 Å². The summed E-state index contributed by atoms with van der Waals surface area (Å²) < 4.78 is 41.4. The smallest absolute Gasteiger partial charge is 0.211 e. The van der Waals surface area contributed by atoms with Gasteiger partial charge in [0, 0.05) is 6.54 Å². The normalized spacial score (nSPS) is 13.9. The van der Waals surface area contributed by atoms with Crippen LogP contribution in [0.4, 0.5) is 4.39 Å². The summed E-state index contributed by atoms with van der Waals surface area (Å²) in [4.78, 5) is 0. The van der Waals surface area contributed by atoms with Crippen LogP contribution in [0.3, 0.4) is 0 Å². The molecule has 0 amide bonds. The van der Waals surface area contributed by atoms with Crippen LogP contribution in [-0.4, -0.2) is 32.5 Å². The van der Waals surface area contributed by atoms with Gasteiger partial charge in [0.15, 0.2) is 0 Å². The molecule has 16 heavy (non-hydrogen) atoms. The van der Waals surface area contributed by atoms with Crippen molar-refractivity contribution in [1.29, 1.82) is 0 Å². The third-order valence-corrected chi connectivity index (χ3v) is 3.35. The fourth-order valence-corrected chi connectivity index (χ4v) is 2.15. The Morgan fingerprint density at radius 2 is 2.31 bits per heavy atom. The molecule has 1 rings (SSSR count). The number of furan rings is 1. The van der Waals surface area contributed by atoms with Gasteiger partial charge in [-0.3, -0.25) is 4.39 Å². The lowest BCUT2D eigenvalue weighted by Crippen LogP contribution is -2.30. The van der Waals surface area contributed by atoms with Crippen molar-refractivity contribution in [1.82, 2.24) is 4.72 Å². The number of hydrogen-bond acceptors (Lipinski definition) is 4. The number of hydrogen-bond donors (Lipinski definition) is 2. The monoisotopic (exact) mass is 251 g/mol. The first-order valence-electron chi connectivity index (χ1n) is 4.80. The second kappa shape index (κ2) is 5.97. The van der Waals surface area contributed by atoms with Gasteiger partial charge in [0.2, 0.25) is 10.0 Å². The minimum Gasteiger partial charge on any atom is -0.467 e. The highest BCUT2D eigenvalue weighted by atomic mass is 32.2. The van der Waals surface area contributed by atoms with Gasteiger partial charge >= 0.3 is 0 Å². The van der Waals surface area contributed by atoms with Gasteiger partial charge in [-0.15, -0.1) is 0 Å². The highest BCUT2D eigenvalue weighted by molar-refractivity contribution is 7.89. The highest BCUT2D eigenvalue weighted by Gasteiger charge is 2.15. The van der Waals surface area contributed by atoms with Gasteiger partial charge in [0.25, 0.3) is 0 Å². The van der Waals surface area contributed by atoms with E-state index in [4.69, 9.17) is 4.42 Å². The molecule has 7 heteroatoms. The van der Waals surface area contributed by atoms with E-state index in [-0.39, 0.29) is 24.5 Å². The van der Waals surface area contributed by atoms with Crippen LogP contribution in [0.15, 0.2) is 22.8 Å². The Balaban J connectivity index is 2.39. The molecule has 1 atom stereocenters. The number of alkyl halides is 1. The van der Waals surface area contributed by atoms with Gasteiger partial charge in [-0.2, -0.15) is 0 Å². The molecule has 0 aliphatic carbocycles. The SMILES string of the molecule is O=S(=O)(CCCF)NCC(O)c1ccco1. The Morgan fingerprint density at radius 1 is 1.56 bits per heavy atom. The fraction of sp³-hybridized carbons (Fsp3) is 0.556. The molecule has 0 spiro atoms. The molecule has 1 aromatic rings. The van der Waals surface area contributed by atoms with Crippen LogP contribution in [-0.2, 0) is 10.0 Å². The van der Waals surface area contributed by atoms with E-state index in [0.29, 0.717) is 0 Å². The summed E-state index contributed by atoms with van der Waals surface area (Å²) in [7, 11) is -3.52. The maximum atomic E-state index is 11.8. The molecule has 1 unspecified atom stereocenters. The molecule has 0 radical (unpaired) electrons. The van der Waals surface area contributed by atoms with Crippen LogP contribution >= 0.6 is 0 Å². The maximum absolute atomic E-state index is 11.8. The first-order chi connectivity index (χ1) is 7.55. The molecule has 0 aliphatic rings. The largest absolute Gasteiger partial charge is 0.467 e. The van der Waals surface area contributed by atoms with E-state index in [9.17, 15) is 17.9 Å². The van der Waals surface area contributed by atoms with Crippen molar-refractivity contribution in [3.63, 3.8) is 0 Å². The molecular weight excluding hydrogens is 237 g/mol. The Kier molecular flexibility index (Phi) is 4.91. The summed E-state index contributed by atoms with van der Waals surface area (Å²) in [5.41, 5.74) is 0. The van der Waals surface area contributed by atoms with Gasteiger partial charge in [-0.25, -0.2) is 13.1 Å². The summed E-state index contributed by atoms with van der Waals surface area (Å²) in [6.07, 6.45) is 0.303. The Morgan fingerprint density at radius 3 is 2.88 bits per heavy atom. The number of halogens is 1. The minimum absolute atomic E-state index is 0.0494. The van der Waals surface area contributed by atoms with Gasteiger partial charge < -0.3 is 9.52 Å². The lowest BCUT2D eigenvalue weighted by molar-refractivity contribution is 0.154. The fourth-order valence-electron chi connectivity index (χ4n) is 1.10. The second-order valence-electron chi connectivity index (χ2n) is 3.24. The number of nitrogens with one attached hydrogen (secondary N) is 1. The van der Waals surface area contributed by atoms with Crippen LogP contribution < -0.4 is 4.72 Å². The molecule has 0 saturated carbocycles. The first-order valence-corrected chi connectivity index (χ1v) is 6.45. The zero-order chi connectivity index (χ0) is 12.0. The average Bonchev–Trinajstić information content (AvgIpc) is 2.77. The lowest BCUT2D eigenvalue weighted by Gasteiger charge is -2.09. The number of aliphatic hydroxyl groups is 1. The Hall–Kier alpha value is -0.920. The van der Waals surface area contributed by atoms with E-state index in [0.717, 1.165) is 0 Å². The molecule has 92 valence electrons. The molecule has 0 fully saturated rings. The van der Waals surface area contributed by atoms with Crippen molar-refractivity contribution in [2.24, 2.45) is 0 Å². The van der Waals surface area contributed by atoms with Crippen LogP contribution in [0.5, 0.6) is 0 Å². The van der Waals surface area contributed by atoms with Gasteiger partial charge in [-0.05, 0) is 18.6 Å². The van der Waals surface area contributed by atoms with Gasteiger partial charge in [0.1, 0.15) is 11.9 Å². The van der Waals surface area contributed by atoms with Crippen molar-refractivity contribution < 1.29 is 22.3 Å². The quantitative estimate of drug-likeness (QED) is 0.743. The van der Waals surface area contributed by atoms with Gasteiger partial charge in [0.05, 0.1) is 18.7 Å². The average molecular weight is 251 g/mol. The third-order valence-electron chi connectivity index (χ3n) is 1.91. The Bertz CT molecular complexity index is 390. The molecule has 1 aromatic heterocycles. The molecule has 0 aromatic carbocycles. The van der Waals surface area contributed by atoms with Crippen LogP contribution in [0.25, 0.3) is 0 Å². The zero-order valence-electron chi connectivity index (χ0n) is 8.60. The summed E-state index contributed by atoms with van der Waals surface area (Å²) in [6.45, 7) is -0.857. The maximum Gasteiger partial charge on any atom is 0.211 e. The standard InChI is InChI=1S/C9H14FNO4S/c10-4-2-6-16(13,14)11-7-8(12)9-3-1-5-15-9/h1,3,5,8,11-12H,2,4,6-7H2. The lowest BCUT2D eigenvalue weighted by atomic mass is 10.3. The zero-order valence-corrected chi connectivity index (χ0v) is 9.41. The van der Waals surface area contributed by atoms with Crippen molar-refractivity contribution in [2.45, 2.75) is 12.5 Å². The van der Waals surface area contributed by atoms with E-state index in [1.807, 2.05) is 0 Å². The molecule has 0 aliphatic heterocycles. The van der Waals surface area contributed by atoms with E-state index in [1.165, 1.54) is 6.26 Å². The molecule has 0 bridgehead atoms. The number of sulfonamides is 1. The van der Waals surface area contributed by atoms with E-state index in [2.05, 4.69) is 4.72 Å². The summed E-state index contributed by atoms with van der Waals surface area (Å²) in [5.74, 6) is 0.00200. The molecule has 5 nitrogen and oxygen atoms in total. The van der Waals surface area contributed by atoms with Crippen LogP contribution in [0.2, 0.25) is 0 Å². The first kappa shape index (κ1) is 13.1. The van der Waals surface area contributed by atoms with Crippen LogP contribution in [0, 0.1) is 0 Å². The second-order valence-corrected chi connectivity index (χ2v) is 5.17. The topological polar surface area (TPSA) is 79.5 Å². The third kappa shape index (κ3) is 4.30. The molecule has 2 N–H and O–H groups in total. The minimum atomic E-state index is -3.52. The predicted molar refractivity (Wildman–Crippen MR) is 56.0 cm³/mol. The molecular formula is C9H14FNO4S. The Labute approximate surface area is 93.3 Å². The summed E-state index contributed by atoms with van der Waals surface area (Å²) in [5, 5.41) is 9.50. The van der Waals surface area contributed by atoms with Crippen molar-refractivity contribution in [3.8, 4) is 0 Å². The highest BCUT2D eigenvalue weighted by Crippen LogP contribution is 2.11. The van der Waals surface area contributed by atoms with Crippen molar-refractivity contribution in [3.05, 3.63) is 24.2 Å². The number of rotatable bonds is 7. The van der Waals surface area contributed by atoms with E-state index in [1.54, 1.807) is 12.1 Å². The van der Waals surface area contributed by atoms with Crippen molar-refractivity contribution >= 4 is 10.0 Å². The number of aliphatic hydroxyl groups excluding tert-OH is 1. The molecule has 1 heterocycles. The van der Waals surface area contributed by atoms with E-state index < -0.39 is 22.8 Å². The predicted octanol–water partition coefficient (Wildman–Crippen LogP) is 0.592. The summed E-state index contributed by atoms with van der Waals surface area (Å²) >= 11 is 0. The van der Waals surface area contributed by atoms with Crippen LogP contribution in [0.1, 0.15) is 18.3 Å². The van der Waals surface area contributed by atoms with E-state index >= 15 is 0 Å². The van der Waals surface area contributed by atoms with Crippen molar-refractivity contribution in [2.75, 3.05) is 19.0 Å².